The molecule has 3 heterocycles. The van der Waals surface area contributed by atoms with Crippen molar-refractivity contribution >= 4 is 0 Å². The molecule has 0 N–H and O–H groups in total. The van der Waals surface area contributed by atoms with Gasteiger partial charge in [-0.3, -0.25) is 4.90 Å². The average Bonchev–Trinajstić information content (AvgIpc) is 3.34. The highest BCUT2D eigenvalue weighted by molar-refractivity contribution is 5.58. The van der Waals surface area contributed by atoms with E-state index in [4.69, 9.17) is 9.15 Å². The summed E-state index contributed by atoms with van der Waals surface area (Å²) in [5.41, 5.74) is 1.08. The fraction of sp³-hybridized carbons (Fsp3) is 0.381. The minimum absolute atomic E-state index is 0.675. The van der Waals surface area contributed by atoms with E-state index < -0.39 is 0 Å². The van der Waals surface area contributed by atoms with Crippen molar-refractivity contribution in [2.24, 2.45) is 5.92 Å². The quantitative estimate of drug-likeness (QED) is 0.672. The molecule has 1 aliphatic heterocycles. The molecule has 1 atom stereocenters. The Morgan fingerprint density at radius 1 is 1.19 bits per heavy atom. The molecule has 4 rings (SSSR count). The first-order valence-electron chi connectivity index (χ1n) is 9.21. The predicted molar refractivity (Wildman–Crippen MR) is 101 cm³/mol. The highest BCUT2D eigenvalue weighted by Gasteiger charge is 2.21. The van der Waals surface area contributed by atoms with Gasteiger partial charge in [-0.05, 0) is 61.7 Å². The van der Waals surface area contributed by atoms with E-state index in [1.165, 1.54) is 12.8 Å². The number of benzene rings is 1. The summed E-state index contributed by atoms with van der Waals surface area (Å²) in [6, 6.07) is 12.1. The van der Waals surface area contributed by atoms with E-state index in [1.807, 2.05) is 43.0 Å². The maximum atomic E-state index is 6.09. The third kappa shape index (κ3) is 3.99. The van der Waals surface area contributed by atoms with Crippen molar-refractivity contribution in [3.63, 3.8) is 0 Å². The molecular formula is C21H25N3O2. The second kappa shape index (κ2) is 7.79. The Bertz CT molecular complexity index is 808. The van der Waals surface area contributed by atoms with Gasteiger partial charge in [0, 0.05) is 31.0 Å². The first-order valence-corrected chi connectivity index (χ1v) is 9.21. The molecule has 26 heavy (non-hydrogen) atoms. The van der Waals surface area contributed by atoms with E-state index in [1.54, 1.807) is 7.11 Å². The molecule has 0 bridgehead atoms. The maximum Gasteiger partial charge on any atom is 0.134 e. The minimum Gasteiger partial charge on any atom is -0.497 e. The van der Waals surface area contributed by atoms with Crippen molar-refractivity contribution in [1.29, 1.82) is 0 Å². The number of imidazole rings is 1. The van der Waals surface area contributed by atoms with Crippen LogP contribution in [0.3, 0.4) is 0 Å². The normalized spacial score (nSPS) is 18.1. The van der Waals surface area contributed by atoms with Gasteiger partial charge >= 0.3 is 0 Å². The van der Waals surface area contributed by atoms with Crippen LogP contribution in [-0.4, -0.2) is 34.7 Å². The van der Waals surface area contributed by atoms with Crippen LogP contribution < -0.4 is 4.74 Å². The van der Waals surface area contributed by atoms with Gasteiger partial charge in [0.15, 0.2) is 0 Å². The topological polar surface area (TPSA) is 43.4 Å². The average molecular weight is 351 g/mol. The van der Waals surface area contributed by atoms with Crippen molar-refractivity contribution in [3.05, 3.63) is 60.9 Å². The highest BCUT2D eigenvalue weighted by Crippen LogP contribution is 2.26. The molecule has 2 aromatic heterocycles. The van der Waals surface area contributed by atoms with Gasteiger partial charge in [-0.1, -0.05) is 0 Å². The van der Waals surface area contributed by atoms with Crippen LogP contribution in [0.4, 0.5) is 0 Å². The van der Waals surface area contributed by atoms with Crippen LogP contribution in [0.25, 0.3) is 11.3 Å². The van der Waals surface area contributed by atoms with Gasteiger partial charge in [-0.25, -0.2) is 4.98 Å². The van der Waals surface area contributed by atoms with Crippen molar-refractivity contribution in [2.75, 3.05) is 20.2 Å². The second-order valence-electron chi connectivity index (χ2n) is 7.00. The number of furan rings is 1. The minimum atomic E-state index is 0.675. The molecule has 0 spiro atoms. The largest absolute Gasteiger partial charge is 0.497 e. The molecule has 3 aromatic rings. The van der Waals surface area contributed by atoms with Gasteiger partial charge in [0.05, 0.1) is 20.0 Å². The van der Waals surface area contributed by atoms with Crippen LogP contribution in [-0.2, 0) is 13.1 Å². The molecule has 1 aliphatic rings. The van der Waals surface area contributed by atoms with E-state index in [9.17, 15) is 0 Å². The third-order valence-corrected chi connectivity index (χ3v) is 5.05. The Morgan fingerprint density at radius 3 is 2.85 bits per heavy atom. The summed E-state index contributed by atoms with van der Waals surface area (Å²) >= 11 is 0. The Balaban J connectivity index is 1.37. The van der Waals surface area contributed by atoms with Gasteiger partial charge in [0.25, 0.3) is 0 Å². The maximum absolute atomic E-state index is 6.09. The lowest BCUT2D eigenvalue weighted by Crippen LogP contribution is -2.36. The van der Waals surface area contributed by atoms with Gasteiger partial charge < -0.3 is 13.7 Å². The number of likely N-dealkylation sites (tertiary alicyclic amines) is 1. The zero-order valence-corrected chi connectivity index (χ0v) is 15.2. The summed E-state index contributed by atoms with van der Waals surface area (Å²) in [5, 5.41) is 0. The lowest BCUT2D eigenvalue weighted by atomic mass is 9.98. The Labute approximate surface area is 154 Å². The molecule has 0 unspecified atom stereocenters. The van der Waals surface area contributed by atoms with Crippen LogP contribution in [0.1, 0.15) is 18.6 Å². The highest BCUT2D eigenvalue weighted by atomic mass is 16.5. The van der Waals surface area contributed by atoms with Crippen molar-refractivity contribution in [3.8, 4) is 17.1 Å². The number of piperidine rings is 1. The second-order valence-corrected chi connectivity index (χ2v) is 7.00. The molecule has 1 fully saturated rings. The van der Waals surface area contributed by atoms with Gasteiger partial charge in [-0.15, -0.1) is 0 Å². The monoisotopic (exact) mass is 351 g/mol. The lowest BCUT2D eigenvalue weighted by molar-refractivity contribution is 0.147. The van der Waals surface area contributed by atoms with Crippen LogP contribution in [0.2, 0.25) is 0 Å². The molecule has 0 radical (unpaired) electrons. The Morgan fingerprint density at radius 2 is 2.08 bits per heavy atom. The van der Waals surface area contributed by atoms with Crippen molar-refractivity contribution in [2.45, 2.75) is 25.9 Å². The summed E-state index contributed by atoms with van der Waals surface area (Å²) in [5.74, 6) is 3.47. The van der Waals surface area contributed by atoms with Gasteiger partial charge in [0.1, 0.15) is 17.3 Å². The summed E-state index contributed by atoms with van der Waals surface area (Å²) in [6.07, 6.45) is 8.33. The lowest BCUT2D eigenvalue weighted by Gasteiger charge is -2.32. The molecule has 0 amide bonds. The smallest absolute Gasteiger partial charge is 0.134 e. The van der Waals surface area contributed by atoms with E-state index >= 15 is 0 Å². The molecule has 1 saturated heterocycles. The SMILES string of the molecule is COc1ccc(-c2ccc(CN3CCC[C@H](Cn4ccnc4)C3)o2)cc1. The van der Waals surface area contributed by atoms with E-state index in [0.29, 0.717) is 5.92 Å². The van der Waals surface area contributed by atoms with Gasteiger partial charge in [0.2, 0.25) is 0 Å². The van der Waals surface area contributed by atoms with Crippen LogP contribution >= 0.6 is 0 Å². The van der Waals surface area contributed by atoms with E-state index in [0.717, 1.165) is 49.0 Å². The summed E-state index contributed by atoms with van der Waals surface area (Å²) < 4.78 is 13.5. The number of rotatable bonds is 6. The van der Waals surface area contributed by atoms with Crippen molar-refractivity contribution in [1.82, 2.24) is 14.5 Å². The standard InChI is InChI=1S/C21H25N3O2/c1-25-19-6-4-18(5-7-19)21-9-8-20(26-21)15-23-11-2-3-17(13-23)14-24-12-10-22-16-24/h4-10,12,16-17H,2-3,11,13-15H2,1H3/t17-/m0/s1. The van der Waals surface area contributed by atoms with Crippen LogP contribution in [0.5, 0.6) is 5.75 Å². The summed E-state index contributed by atoms with van der Waals surface area (Å²) in [4.78, 5) is 6.65. The fourth-order valence-electron chi connectivity index (χ4n) is 3.73. The number of hydrogen-bond donors (Lipinski definition) is 0. The molecule has 0 saturated carbocycles. The molecule has 1 aromatic carbocycles. The van der Waals surface area contributed by atoms with Gasteiger partial charge in [-0.2, -0.15) is 0 Å². The fourth-order valence-corrected chi connectivity index (χ4v) is 3.73. The van der Waals surface area contributed by atoms with Crippen LogP contribution in [0, 0.1) is 5.92 Å². The van der Waals surface area contributed by atoms with E-state index in [2.05, 4.69) is 26.6 Å². The molecule has 5 heteroatoms. The zero-order chi connectivity index (χ0) is 17.8. The first kappa shape index (κ1) is 16.9. The Kier molecular flexibility index (Phi) is 5.07. The summed E-state index contributed by atoms with van der Waals surface area (Å²) in [6.45, 7) is 4.16. The summed E-state index contributed by atoms with van der Waals surface area (Å²) in [7, 11) is 1.68. The number of nitrogens with zero attached hydrogens (tertiary/aromatic N) is 3. The molecular weight excluding hydrogens is 326 g/mol. The van der Waals surface area contributed by atoms with E-state index in [-0.39, 0.29) is 0 Å². The number of aromatic nitrogens is 2. The number of hydrogen-bond acceptors (Lipinski definition) is 4. The molecule has 136 valence electrons. The number of methoxy groups -OCH3 is 1. The predicted octanol–water partition coefficient (Wildman–Crippen LogP) is 4.06. The third-order valence-electron chi connectivity index (χ3n) is 5.05. The van der Waals surface area contributed by atoms with Crippen molar-refractivity contribution < 1.29 is 9.15 Å². The number of ether oxygens (including phenoxy) is 1. The Hall–Kier alpha value is -2.53. The molecule has 5 nitrogen and oxygen atoms in total. The molecule has 0 aliphatic carbocycles. The first-order chi connectivity index (χ1) is 12.8. The van der Waals surface area contributed by atoms with Crippen LogP contribution in [0.15, 0.2) is 59.5 Å². The zero-order valence-electron chi connectivity index (χ0n) is 15.2.